The maximum Gasteiger partial charge on any atom is 0.0117 e. The summed E-state index contributed by atoms with van der Waals surface area (Å²) < 4.78 is 0. The molecule has 0 saturated carbocycles. The number of rotatable bonds is 6. The second-order valence-corrected chi connectivity index (χ2v) is 5.95. The van der Waals surface area contributed by atoms with Gasteiger partial charge >= 0.3 is 0 Å². The smallest absolute Gasteiger partial charge is 0.0117 e. The van der Waals surface area contributed by atoms with Gasteiger partial charge in [0.1, 0.15) is 0 Å². The number of benzene rings is 1. The van der Waals surface area contributed by atoms with E-state index in [1.807, 2.05) is 0 Å². The van der Waals surface area contributed by atoms with Crippen LogP contribution >= 0.6 is 0 Å². The van der Waals surface area contributed by atoms with Crippen LogP contribution in [0.25, 0.3) is 0 Å². The Morgan fingerprint density at radius 3 is 2.45 bits per heavy atom. The Labute approximate surface area is 123 Å². The molecule has 1 atom stereocenters. The summed E-state index contributed by atoms with van der Waals surface area (Å²) in [7, 11) is 2.26. The number of nitrogens with zero attached hydrogens (tertiary/aromatic N) is 2. The average molecular weight is 275 g/mol. The maximum atomic E-state index is 5.99. The predicted molar refractivity (Wildman–Crippen MR) is 86.0 cm³/mol. The highest BCUT2D eigenvalue weighted by Gasteiger charge is 2.23. The van der Waals surface area contributed by atoms with Gasteiger partial charge in [-0.15, -0.1) is 0 Å². The molecule has 1 unspecified atom stereocenters. The number of hydrogen-bond acceptors (Lipinski definition) is 3. The molecule has 2 rings (SSSR count). The van der Waals surface area contributed by atoms with Crippen molar-refractivity contribution in [3.63, 3.8) is 0 Å². The standard InChI is InChI=1S/C17H29N3/c1-3-20-11-9-17(10-12-20)19(2)14-16(13-18)15-7-5-4-6-8-15/h4-8,16-17H,3,9-14,18H2,1-2H3. The highest BCUT2D eigenvalue weighted by Crippen LogP contribution is 2.20. The fourth-order valence-corrected chi connectivity index (χ4v) is 3.21. The summed E-state index contributed by atoms with van der Waals surface area (Å²) in [6.07, 6.45) is 2.58. The third-order valence-electron chi connectivity index (χ3n) is 4.69. The summed E-state index contributed by atoms with van der Waals surface area (Å²) >= 11 is 0. The quantitative estimate of drug-likeness (QED) is 0.863. The molecule has 112 valence electrons. The van der Waals surface area contributed by atoms with Crippen LogP contribution in [-0.4, -0.2) is 55.6 Å². The zero-order chi connectivity index (χ0) is 14.4. The first kappa shape index (κ1) is 15.5. The van der Waals surface area contributed by atoms with E-state index in [4.69, 9.17) is 5.73 Å². The Morgan fingerprint density at radius 1 is 1.25 bits per heavy atom. The lowest BCUT2D eigenvalue weighted by molar-refractivity contribution is 0.127. The topological polar surface area (TPSA) is 32.5 Å². The van der Waals surface area contributed by atoms with Gasteiger partial charge in [-0.25, -0.2) is 0 Å². The zero-order valence-corrected chi connectivity index (χ0v) is 13.0. The Hall–Kier alpha value is -0.900. The Kier molecular flexibility index (Phi) is 6.02. The average Bonchev–Trinajstić information content (AvgIpc) is 2.53. The molecule has 0 amide bonds. The Bertz CT molecular complexity index is 371. The van der Waals surface area contributed by atoms with Gasteiger partial charge in [0.25, 0.3) is 0 Å². The van der Waals surface area contributed by atoms with E-state index >= 15 is 0 Å². The van der Waals surface area contributed by atoms with Gasteiger partial charge in [0.15, 0.2) is 0 Å². The van der Waals surface area contributed by atoms with E-state index in [2.05, 4.69) is 54.1 Å². The van der Waals surface area contributed by atoms with Gasteiger partial charge in [0.05, 0.1) is 0 Å². The summed E-state index contributed by atoms with van der Waals surface area (Å²) in [5.41, 5.74) is 7.36. The van der Waals surface area contributed by atoms with E-state index in [-0.39, 0.29) is 0 Å². The molecule has 1 aliphatic rings. The molecule has 0 spiro atoms. The third-order valence-corrected chi connectivity index (χ3v) is 4.69. The van der Waals surface area contributed by atoms with Crippen molar-refractivity contribution in [1.29, 1.82) is 0 Å². The fourth-order valence-electron chi connectivity index (χ4n) is 3.21. The number of hydrogen-bond donors (Lipinski definition) is 1. The number of likely N-dealkylation sites (N-methyl/N-ethyl adjacent to an activating group) is 1. The van der Waals surface area contributed by atoms with Gasteiger partial charge in [-0.1, -0.05) is 37.3 Å². The third kappa shape index (κ3) is 4.05. The first-order chi connectivity index (χ1) is 9.74. The minimum atomic E-state index is 0.449. The lowest BCUT2D eigenvalue weighted by Crippen LogP contribution is -2.44. The Morgan fingerprint density at radius 2 is 1.90 bits per heavy atom. The number of likely N-dealkylation sites (tertiary alicyclic amines) is 1. The molecule has 1 fully saturated rings. The minimum absolute atomic E-state index is 0.449. The van der Waals surface area contributed by atoms with Crippen LogP contribution < -0.4 is 5.73 Å². The van der Waals surface area contributed by atoms with Crippen molar-refractivity contribution in [2.75, 3.05) is 39.8 Å². The summed E-state index contributed by atoms with van der Waals surface area (Å²) in [5, 5.41) is 0. The van der Waals surface area contributed by atoms with E-state index in [0.717, 1.165) is 19.1 Å². The van der Waals surface area contributed by atoms with Gasteiger partial charge in [0, 0.05) is 25.0 Å². The molecule has 0 aromatic heterocycles. The van der Waals surface area contributed by atoms with Crippen LogP contribution in [0, 0.1) is 0 Å². The van der Waals surface area contributed by atoms with Crippen LogP contribution in [0.2, 0.25) is 0 Å². The SMILES string of the molecule is CCN1CCC(N(C)CC(CN)c2ccccc2)CC1. The van der Waals surface area contributed by atoms with Crippen LogP contribution in [0.5, 0.6) is 0 Å². The van der Waals surface area contributed by atoms with Crippen molar-refractivity contribution in [3.05, 3.63) is 35.9 Å². The molecule has 0 bridgehead atoms. The van der Waals surface area contributed by atoms with E-state index in [1.165, 1.54) is 38.0 Å². The second kappa shape index (κ2) is 7.77. The summed E-state index contributed by atoms with van der Waals surface area (Å²) in [6, 6.07) is 11.4. The lowest BCUT2D eigenvalue weighted by Gasteiger charge is -2.37. The van der Waals surface area contributed by atoms with Crippen molar-refractivity contribution < 1.29 is 0 Å². The Balaban J connectivity index is 1.88. The van der Waals surface area contributed by atoms with E-state index < -0.39 is 0 Å². The van der Waals surface area contributed by atoms with E-state index in [9.17, 15) is 0 Å². The second-order valence-electron chi connectivity index (χ2n) is 5.95. The summed E-state index contributed by atoms with van der Waals surface area (Å²) in [5.74, 6) is 0.449. The molecule has 3 heteroatoms. The van der Waals surface area contributed by atoms with Gasteiger partial charge < -0.3 is 15.5 Å². The van der Waals surface area contributed by atoms with Crippen LogP contribution in [0.1, 0.15) is 31.2 Å². The van der Waals surface area contributed by atoms with Crippen molar-refractivity contribution >= 4 is 0 Å². The summed E-state index contributed by atoms with van der Waals surface area (Å²) in [4.78, 5) is 5.07. The number of nitrogens with two attached hydrogens (primary N) is 1. The first-order valence-corrected chi connectivity index (χ1v) is 7.92. The molecule has 1 aromatic rings. The molecule has 3 nitrogen and oxygen atoms in total. The molecule has 1 saturated heterocycles. The summed E-state index contributed by atoms with van der Waals surface area (Å²) in [6.45, 7) is 7.71. The predicted octanol–water partition coefficient (Wildman–Crippen LogP) is 2.15. The van der Waals surface area contributed by atoms with Gasteiger partial charge in [0.2, 0.25) is 0 Å². The highest BCUT2D eigenvalue weighted by atomic mass is 15.2. The van der Waals surface area contributed by atoms with E-state index in [1.54, 1.807) is 0 Å². The molecule has 1 aromatic carbocycles. The van der Waals surface area contributed by atoms with Crippen LogP contribution in [0.4, 0.5) is 0 Å². The van der Waals surface area contributed by atoms with Crippen molar-refractivity contribution in [2.24, 2.45) is 5.73 Å². The molecular formula is C17H29N3. The fraction of sp³-hybridized carbons (Fsp3) is 0.647. The minimum Gasteiger partial charge on any atom is -0.330 e. The lowest BCUT2D eigenvalue weighted by atomic mass is 9.96. The molecular weight excluding hydrogens is 246 g/mol. The molecule has 1 heterocycles. The van der Waals surface area contributed by atoms with Crippen molar-refractivity contribution in [1.82, 2.24) is 9.80 Å². The number of piperidine rings is 1. The monoisotopic (exact) mass is 275 g/mol. The van der Waals surface area contributed by atoms with E-state index in [0.29, 0.717) is 5.92 Å². The van der Waals surface area contributed by atoms with Crippen LogP contribution in [0.15, 0.2) is 30.3 Å². The molecule has 0 aliphatic carbocycles. The zero-order valence-electron chi connectivity index (χ0n) is 13.0. The molecule has 1 aliphatic heterocycles. The van der Waals surface area contributed by atoms with Crippen molar-refractivity contribution in [2.45, 2.75) is 31.7 Å². The van der Waals surface area contributed by atoms with Crippen LogP contribution in [-0.2, 0) is 0 Å². The van der Waals surface area contributed by atoms with Gasteiger partial charge in [-0.05, 0) is 45.1 Å². The molecule has 20 heavy (non-hydrogen) atoms. The normalized spacial score (nSPS) is 19.4. The highest BCUT2D eigenvalue weighted by molar-refractivity contribution is 5.20. The van der Waals surface area contributed by atoms with Gasteiger partial charge in [-0.2, -0.15) is 0 Å². The molecule has 0 radical (unpaired) electrons. The molecule has 2 N–H and O–H groups in total. The van der Waals surface area contributed by atoms with Crippen molar-refractivity contribution in [3.8, 4) is 0 Å². The first-order valence-electron chi connectivity index (χ1n) is 7.92. The van der Waals surface area contributed by atoms with Gasteiger partial charge in [-0.3, -0.25) is 0 Å². The maximum absolute atomic E-state index is 5.99. The largest absolute Gasteiger partial charge is 0.330 e. The van der Waals surface area contributed by atoms with Crippen LogP contribution in [0.3, 0.4) is 0 Å².